The van der Waals surface area contributed by atoms with Crippen LogP contribution in [0, 0.1) is 0 Å². The van der Waals surface area contributed by atoms with Crippen molar-refractivity contribution >= 4 is 22.7 Å². The van der Waals surface area contributed by atoms with Crippen LogP contribution in [0.4, 0.5) is 5.69 Å². The standard InChI is InChI=1S/C22H20N2O3/c1-3-14(2)16-8-11-19-18(13-16)24-22(27-19)15-6-9-17(10-7-15)23-21(25)20-5-4-12-26-20/h4-14H,3H2,1-2H3,(H,23,25). The summed E-state index contributed by atoms with van der Waals surface area (Å²) in [4.78, 5) is 16.6. The average molecular weight is 360 g/mol. The second-order valence-corrected chi connectivity index (χ2v) is 6.56. The molecule has 0 aliphatic heterocycles. The Balaban J connectivity index is 1.55. The van der Waals surface area contributed by atoms with E-state index >= 15 is 0 Å². The number of carbonyl (C=O) groups is 1. The van der Waals surface area contributed by atoms with E-state index in [-0.39, 0.29) is 11.7 Å². The molecule has 5 heteroatoms. The number of rotatable bonds is 5. The third-order valence-electron chi connectivity index (χ3n) is 4.73. The molecule has 0 saturated heterocycles. The number of nitrogens with zero attached hydrogens (tertiary/aromatic N) is 1. The van der Waals surface area contributed by atoms with Gasteiger partial charge in [0.2, 0.25) is 5.89 Å². The van der Waals surface area contributed by atoms with Crippen LogP contribution < -0.4 is 5.32 Å². The highest BCUT2D eigenvalue weighted by molar-refractivity contribution is 6.02. The molecule has 2 heterocycles. The fourth-order valence-electron chi connectivity index (χ4n) is 2.91. The molecule has 0 bridgehead atoms. The van der Waals surface area contributed by atoms with Gasteiger partial charge in [-0.1, -0.05) is 19.9 Å². The zero-order valence-corrected chi connectivity index (χ0v) is 15.2. The van der Waals surface area contributed by atoms with E-state index < -0.39 is 0 Å². The number of furan rings is 1. The lowest BCUT2D eigenvalue weighted by Crippen LogP contribution is -2.10. The summed E-state index contributed by atoms with van der Waals surface area (Å²) < 4.78 is 11.0. The van der Waals surface area contributed by atoms with Gasteiger partial charge in [-0.2, -0.15) is 0 Å². The molecule has 0 fully saturated rings. The van der Waals surface area contributed by atoms with E-state index in [0.717, 1.165) is 23.1 Å². The van der Waals surface area contributed by atoms with Crippen molar-refractivity contribution < 1.29 is 13.6 Å². The molecule has 0 saturated carbocycles. The zero-order chi connectivity index (χ0) is 18.8. The largest absolute Gasteiger partial charge is 0.459 e. The van der Waals surface area contributed by atoms with E-state index in [1.165, 1.54) is 11.8 Å². The lowest BCUT2D eigenvalue weighted by molar-refractivity contribution is 0.0996. The molecule has 4 aromatic rings. The first-order chi connectivity index (χ1) is 13.1. The fourth-order valence-corrected chi connectivity index (χ4v) is 2.91. The zero-order valence-electron chi connectivity index (χ0n) is 15.2. The number of carbonyl (C=O) groups excluding carboxylic acids is 1. The van der Waals surface area contributed by atoms with Gasteiger partial charge in [0.15, 0.2) is 11.3 Å². The van der Waals surface area contributed by atoms with Crippen LogP contribution in [-0.2, 0) is 0 Å². The van der Waals surface area contributed by atoms with Crippen LogP contribution in [0.5, 0.6) is 0 Å². The van der Waals surface area contributed by atoms with Gasteiger partial charge in [-0.3, -0.25) is 4.79 Å². The van der Waals surface area contributed by atoms with Crippen molar-refractivity contribution in [1.82, 2.24) is 4.98 Å². The Morgan fingerprint density at radius 3 is 2.67 bits per heavy atom. The Morgan fingerprint density at radius 2 is 1.96 bits per heavy atom. The molecule has 1 amide bonds. The molecule has 136 valence electrons. The summed E-state index contributed by atoms with van der Waals surface area (Å²) >= 11 is 0. The molecule has 1 atom stereocenters. The molecule has 1 unspecified atom stereocenters. The summed E-state index contributed by atoms with van der Waals surface area (Å²) in [5.41, 5.74) is 4.42. The average Bonchev–Trinajstić information content (AvgIpc) is 3.37. The van der Waals surface area contributed by atoms with E-state index in [1.54, 1.807) is 12.1 Å². The maximum absolute atomic E-state index is 12.0. The molecule has 27 heavy (non-hydrogen) atoms. The Bertz CT molecular complexity index is 1060. The predicted molar refractivity (Wildman–Crippen MR) is 105 cm³/mol. The normalized spacial score (nSPS) is 12.2. The summed E-state index contributed by atoms with van der Waals surface area (Å²) in [6, 6.07) is 16.8. The van der Waals surface area contributed by atoms with Crippen molar-refractivity contribution in [2.75, 3.05) is 5.32 Å². The summed E-state index contributed by atoms with van der Waals surface area (Å²) in [5, 5.41) is 2.79. The number of fused-ring (bicyclic) bond motifs is 1. The first-order valence-corrected chi connectivity index (χ1v) is 9.00. The van der Waals surface area contributed by atoms with Gasteiger partial charge < -0.3 is 14.2 Å². The third kappa shape index (κ3) is 3.49. The smallest absolute Gasteiger partial charge is 0.291 e. The molecule has 0 spiro atoms. The number of hydrogen-bond acceptors (Lipinski definition) is 4. The monoisotopic (exact) mass is 360 g/mol. The Labute approximate surface area is 157 Å². The topological polar surface area (TPSA) is 68.3 Å². The Morgan fingerprint density at radius 1 is 1.15 bits per heavy atom. The maximum Gasteiger partial charge on any atom is 0.291 e. The minimum absolute atomic E-state index is 0.273. The molecule has 4 rings (SSSR count). The fraction of sp³-hybridized carbons (Fsp3) is 0.182. The molecule has 0 radical (unpaired) electrons. The van der Waals surface area contributed by atoms with Crippen molar-refractivity contribution in [3.63, 3.8) is 0 Å². The Kier molecular flexibility index (Phi) is 4.50. The second kappa shape index (κ2) is 7.11. The minimum atomic E-state index is -0.285. The van der Waals surface area contributed by atoms with Gasteiger partial charge in [0.1, 0.15) is 5.52 Å². The van der Waals surface area contributed by atoms with Gasteiger partial charge in [-0.15, -0.1) is 0 Å². The molecule has 5 nitrogen and oxygen atoms in total. The van der Waals surface area contributed by atoms with Gasteiger partial charge >= 0.3 is 0 Å². The van der Waals surface area contributed by atoms with Gasteiger partial charge in [-0.25, -0.2) is 4.98 Å². The number of nitrogens with one attached hydrogen (secondary N) is 1. The lowest BCUT2D eigenvalue weighted by atomic mass is 9.98. The molecule has 0 aliphatic carbocycles. The quantitative estimate of drug-likeness (QED) is 0.484. The number of oxazole rings is 1. The molecule has 2 aromatic carbocycles. The van der Waals surface area contributed by atoms with Crippen molar-refractivity contribution in [1.29, 1.82) is 0 Å². The number of aromatic nitrogens is 1. The van der Waals surface area contributed by atoms with Crippen LogP contribution in [0.1, 0.15) is 42.3 Å². The highest BCUT2D eigenvalue weighted by Crippen LogP contribution is 2.28. The van der Waals surface area contributed by atoms with E-state index in [4.69, 9.17) is 8.83 Å². The highest BCUT2D eigenvalue weighted by atomic mass is 16.3. The van der Waals surface area contributed by atoms with Crippen LogP contribution in [0.25, 0.3) is 22.6 Å². The summed E-state index contributed by atoms with van der Waals surface area (Å²) in [6.07, 6.45) is 2.55. The van der Waals surface area contributed by atoms with Crippen molar-refractivity contribution in [3.05, 3.63) is 72.2 Å². The van der Waals surface area contributed by atoms with Crippen LogP contribution in [0.2, 0.25) is 0 Å². The van der Waals surface area contributed by atoms with Gasteiger partial charge in [0, 0.05) is 11.3 Å². The lowest BCUT2D eigenvalue weighted by Gasteiger charge is -2.07. The van der Waals surface area contributed by atoms with Gasteiger partial charge in [0.05, 0.1) is 6.26 Å². The summed E-state index contributed by atoms with van der Waals surface area (Å²) in [7, 11) is 0. The number of hydrogen-bond donors (Lipinski definition) is 1. The first kappa shape index (κ1) is 17.1. The van der Waals surface area contributed by atoms with Crippen molar-refractivity contribution in [3.8, 4) is 11.5 Å². The van der Waals surface area contributed by atoms with Gasteiger partial charge in [0.25, 0.3) is 5.91 Å². The van der Waals surface area contributed by atoms with Crippen LogP contribution >= 0.6 is 0 Å². The first-order valence-electron chi connectivity index (χ1n) is 9.00. The number of amides is 1. The van der Waals surface area contributed by atoms with Crippen LogP contribution in [0.15, 0.2) is 69.7 Å². The van der Waals surface area contributed by atoms with Crippen LogP contribution in [0.3, 0.4) is 0 Å². The van der Waals surface area contributed by atoms with Crippen molar-refractivity contribution in [2.24, 2.45) is 0 Å². The molecule has 1 N–H and O–H groups in total. The minimum Gasteiger partial charge on any atom is -0.459 e. The highest BCUT2D eigenvalue weighted by Gasteiger charge is 2.12. The Hall–Kier alpha value is -3.34. The molecular formula is C22H20N2O3. The van der Waals surface area contributed by atoms with Crippen molar-refractivity contribution in [2.45, 2.75) is 26.2 Å². The summed E-state index contributed by atoms with van der Waals surface area (Å²) in [6.45, 7) is 4.38. The molecular weight excluding hydrogens is 340 g/mol. The third-order valence-corrected chi connectivity index (χ3v) is 4.73. The predicted octanol–water partition coefficient (Wildman–Crippen LogP) is 5.85. The van der Waals surface area contributed by atoms with E-state index in [1.807, 2.05) is 30.3 Å². The molecule has 0 aliphatic rings. The second-order valence-electron chi connectivity index (χ2n) is 6.56. The summed E-state index contributed by atoms with van der Waals surface area (Å²) in [5.74, 6) is 1.05. The van der Waals surface area contributed by atoms with E-state index in [2.05, 4.69) is 36.3 Å². The molecule has 2 aromatic heterocycles. The van der Waals surface area contributed by atoms with Crippen LogP contribution in [-0.4, -0.2) is 10.9 Å². The number of anilines is 1. The van der Waals surface area contributed by atoms with E-state index in [9.17, 15) is 4.79 Å². The van der Waals surface area contributed by atoms with E-state index in [0.29, 0.717) is 17.5 Å². The maximum atomic E-state index is 12.0. The number of benzene rings is 2. The van der Waals surface area contributed by atoms with Gasteiger partial charge in [-0.05, 0) is 66.4 Å². The SMILES string of the molecule is CCC(C)c1ccc2oc(-c3ccc(NC(=O)c4ccco4)cc3)nc2c1.